The number of phosphoric acid groups is 1. The molecule has 0 aromatic heterocycles. The van der Waals surface area contributed by atoms with Crippen LogP contribution in [0.3, 0.4) is 0 Å². The van der Waals surface area contributed by atoms with Gasteiger partial charge in [-0.05, 0) is 0 Å². The zero-order valence-electron chi connectivity index (χ0n) is 6.38. The first kappa shape index (κ1) is 14.5. The second kappa shape index (κ2) is 9.08. The van der Waals surface area contributed by atoms with Gasteiger partial charge in [0.25, 0.3) is 0 Å². The third kappa shape index (κ3) is 50.7. The van der Waals surface area contributed by atoms with Crippen LogP contribution in [0.2, 0.25) is 0 Å². The van der Waals surface area contributed by atoms with Crippen LogP contribution in [-0.2, 0) is 4.57 Å². The lowest BCUT2D eigenvalue weighted by Crippen LogP contribution is -2.85. The van der Waals surface area contributed by atoms with E-state index in [-0.39, 0.29) is 13.2 Å². The van der Waals surface area contributed by atoms with Crippen LogP contribution in [0.15, 0.2) is 0 Å². The van der Waals surface area contributed by atoms with E-state index in [0.29, 0.717) is 13.1 Å². The molecule has 0 heterocycles. The second-order valence-electron chi connectivity index (χ2n) is 1.76. The SMILES string of the molecule is O=P([O-])([O-])[O-].OCC[NH2+]CCO. The lowest BCUT2D eigenvalue weighted by molar-refractivity contribution is -0.657. The summed E-state index contributed by atoms with van der Waals surface area (Å²) in [7, 11) is -5.39. The van der Waals surface area contributed by atoms with Gasteiger partial charge >= 0.3 is 0 Å². The Balaban J connectivity index is 0. The summed E-state index contributed by atoms with van der Waals surface area (Å²) in [6.45, 7) is 1.78. The lowest BCUT2D eigenvalue weighted by Gasteiger charge is -2.36. The average Bonchev–Trinajstić information content (AvgIpc) is 1.85. The molecule has 12 heavy (non-hydrogen) atoms. The van der Waals surface area contributed by atoms with Gasteiger partial charge in [0.2, 0.25) is 0 Å². The van der Waals surface area contributed by atoms with Gasteiger partial charge in [0.15, 0.2) is 0 Å². The van der Waals surface area contributed by atoms with Crippen LogP contribution >= 0.6 is 7.82 Å². The van der Waals surface area contributed by atoms with E-state index < -0.39 is 7.82 Å². The molecule has 7 nitrogen and oxygen atoms in total. The average molecular weight is 201 g/mol. The molecule has 0 aromatic carbocycles. The van der Waals surface area contributed by atoms with E-state index in [1.165, 1.54) is 0 Å². The highest BCUT2D eigenvalue weighted by atomic mass is 31.2. The quantitative estimate of drug-likeness (QED) is 0.306. The number of hydrogen-bond acceptors (Lipinski definition) is 6. The number of quaternary nitrogens is 1. The summed E-state index contributed by atoms with van der Waals surface area (Å²) in [5.41, 5.74) is 0. The van der Waals surface area contributed by atoms with Crippen molar-refractivity contribution in [2.24, 2.45) is 0 Å². The van der Waals surface area contributed by atoms with Gasteiger partial charge in [-0.3, -0.25) is 0 Å². The molecule has 0 fully saturated rings. The molecule has 4 N–H and O–H groups in total. The molecule has 0 aliphatic carbocycles. The van der Waals surface area contributed by atoms with E-state index in [2.05, 4.69) is 0 Å². The number of aliphatic hydroxyl groups is 2. The molecule has 0 aliphatic rings. The molecule has 8 heteroatoms. The third-order valence-electron chi connectivity index (χ3n) is 0.666. The van der Waals surface area contributed by atoms with Crippen LogP contribution in [0.4, 0.5) is 0 Å². The van der Waals surface area contributed by atoms with E-state index in [4.69, 9.17) is 29.5 Å². The highest BCUT2D eigenvalue weighted by Gasteiger charge is 1.82. The Morgan fingerprint density at radius 3 is 1.50 bits per heavy atom. The molecule has 0 saturated carbocycles. The molecule has 0 saturated heterocycles. The maximum absolute atomic E-state index is 8.55. The van der Waals surface area contributed by atoms with Crippen molar-refractivity contribution < 1.29 is 34.8 Å². The second-order valence-corrected chi connectivity index (χ2v) is 2.65. The summed E-state index contributed by atoms with van der Waals surface area (Å²) in [6, 6.07) is 0. The minimum atomic E-state index is -5.39. The van der Waals surface area contributed by atoms with Crippen molar-refractivity contribution in [1.29, 1.82) is 0 Å². The van der Waals surface area contributed by atoms with Gasteiger partial charge in [0, 0.05) is 0 Å². The number of rotatable bonds is 4. The predicted molar refractivity (Wildman–Crippen MR) is 33.4 cm³/mol. The van der Waals surface area contributed by atoms with Crippen molar-refractivity contribution in [3.63, 3.8) is 0 Å². The molecular formula is C4H12NO6P-2. The molecule has 0 aromatic rings. The Hall–Kier alpha value is -0.0100. The van der Waals surface area contributed by atoms with Gasteiger partial charge in [-0.25, -0.2) is 0 Å². The van der Waals surface area contributed by atoms with E-state index in [0.717, 1.165) is 0 Å². The van der Waals surface area contributed by atoms with Crippen molar-refractivity contribution in [2.75, 3.05) is 26.3 Å². The molecule has 0 unspecified atom stereocenters. The Morgan fingerprint density at radius 2 is 1.33 bits per heavy atom. The summed E-state index contributed by atoms with van der Waals surface area (Å²) in [6.07, 6.45) is 0. The summed E-state index contributed by atoms with van der Waals surface area (Å²) in [5.74, 6) is 0. The van der Waals surface area contributed by atoms with E-state index in [1.54, 1.807) is 0 Å². The first-order chi connectivity index (χ1) is 5.41. The monoisotopic (exact) mass is 201 g/mol. The van der Waals surface area contributed by atoms with Crippen LogP contribution in [0, 0.1) is 0 Å². The molecule has 76 valence electrons. The topological polar surface area (TPSA) is 143 Å². The maximum atomic E-state index is 8.55. The van der Waals surface area contributed by atoms with Crippen LogP contribution in [-0.4, -0.2) is 36.5 Å². The summed E-state index contributed by atoms with van der Waals surface area (Å²) in [4.78, 5) is 25.6. The highest BCUT2D eigenvalue weighted by molar-refractivity contribution is 7.40. The first-order valence-corrected chi connectivity index (χ1v) is 4.64. The van der Waals surface area contributed by atoms with Crippen molar-refractivity contribution in [3.05, 3.63) is 0 Å². The van der Waals surface area contributed by atoms with Gasteiger partial charge in [-0.2, -0.15) is 7.82 Å². The fraction of sp³-hybridized carbons (Fsp3) is 1.00. The van der Waals surface area contributed by atoms with Crippen molar-refractivity contribution in [3.8, 4) is 0 Å². The molecule has 0 radical (unpaired) electrons. The van der Waals surface area contributed by atoms with Gasteiger partial charge in [-0.15, -0.1) is 0 Å². The van der Waals surface area contributed by atoms with Crippen LogP contribution in [0.1, 0.15) is 0 Å². The largest absolute Gasteiger partial charge is 0.822 e. The fourth-order valence-electron chi connectivity index (χ4n) is 0.327. The number of nitrogens with two attached hydrogens (primary N) is 1. The molecule has 0 atom stereocenters. The summed E-state index contributed by atoms with van der Waals surface area (Å²) >= 11 is 0. The van der Waals surface area contributed by atoms with Gasteiger partial charge in [0.05, 0.1) is 26.3 Å². The van der Waals surface area contributed by atoms with E-state index in [1.807, 2.05) is 5.32 Å². The third-order valence-corrected chi connectivity index (χ3v) is 0.666. The van der Waals surface area contributed by atoms with Crippen molar-refractivity contribution in [2.45, 2.75) is 0 Å². The molecule has 0 aliphatic heterocycles. The van der Waals surface area contributed by atoms with Crippen molar-refractivity contribution in [1.82, 2.24) is 0 Å². The molecule has 0 rings (SSSR count). The Kier molecular flexibility index (Phi) is 11.0. The zero-order chi connectivity index (χ0) is 10.0. The fourth-order valence-corrected chi connectivity index (χ4v) is 0.327. The molecule has 0 bridgehead atoms. The van der Waals surface area contributed by atoms with Gasteiger partial charge in [0.1, 0.15) is 0 Å². The lowest BCUT2D eigenvalue weighted by atomic mass is 10.6. The van der Waals surface area contributed by atoms with Crippen LogP contribution in [0.5, 0.6) is 0 Å². The van der Waals surface area contributed by atoms with Gasteiger partial charge in [-0.1, -0.05) is 0 Å². The van der Waals surface area contributed by atoms with Gasteiger partial charge < -0.3 is 34.8 Å². The smallest absolute Gasteiger partial charge is 0.0991 e. The summed E-state index contributed by atoms with van der Waals surface area (Å²) < 4.78 is 8.55. The minimum Gasteiger partial charge on any atom is -0.822 e. The molecule has 0 amide bonds. The Labute approximate surface area is 69.9 Å². The Bertz CT molecular complexity index is 112. The van der Waals surface area contributed by atoms with E-state index in [9.17, 15) is 0 Å². The normalized spacial score (nSPS) is 10.4. The Morgan fingerprint density at radius 1 is 1.08 bits per heavy atom. The van der Waals surface area contributed by atoms with Crippen LogP contribution in [0.25, 0.3) is 0 Å². The molecule has 0 spiro atoms. The maximum Gasteiger partial charge on any atom is 0.0991 e. The molecular weight excluding hydrogens is 189 g/mol. The minimum absolute atomic E-state index is 0.194. The first-order valence-electron chi connectivity index (χ1n) is 3.18. The number of aliphatic hydroxyl groups excluding tert-OH is 2. The zero-order valence-corrected chi connectivity index (χ0v) is 7.27. The standard InChI is InChI=1S/C4H11NO2.H3O4P/c6-3-1-5-2-4-7;1-5(2,3)4/h5-7H,1-4H2;(H3,1,2,3,4)/p-2. The summed E-state index contributed by atoms with van der Waals surface area (Å²) in [5, 5.41) is 18.2. The predicted octanol–water partition coefficient (Wildman–Crippen LogP) is -5.29. The van der Waals surface area contributed by atoms with Crippen LogP contribution < -0.4 is 20.0 Å². The van der Waals surface area contributed by atoms with Crippen molar-refractivity contribution >= 4 is 7.82 Å². The highest BCUT2D eigenvalue weighted by Crippen LogP contribution is 2.03. The van der Waals surface area contributed by atoms with E-state index >= 15 is 0 Å². The number of hydrogen-bond donors (Lipinski definition) is 3.